The molecule has 0 spiro atoms. The molecule has 4 rings (SSSR count). The molecule has 3 aromatic carbocycles. The van der Waals surface area contributed by atoms with Crippen molar-refractivity contribution in [2.45, 2.75) is 6.42 Å². The second kappa shape index (κ2) is 10.3. The number of amides is 2. The van der Waals surface area contributed by atoms with Gasteiger partial charge in [0.2, 0.25) is 5.91 Å². The van der Waals surface area contributed by atoms with Crippen molar-refractivity contribution in [2.75, 3.05) is 45.7 Å². The highest BCUT2D eigenvalue weighted by molar-refractivity contribution is 5.99. The van der Waals surface area contributed by atoms with E-state index in [1.165, 1.54) is 0 Å². The van der Waals surface area contributed by atoms with E-state index in [4.69, 9.17) is 4.74 Å². The number of anilines is 1. The zero-order valence-electron chi connectivity index (χ0n) is 19.1. The van der Waals surface area contributed by atoms with Crippen LogP contribution in [0.15, 0.2) is 72.8 Å². The molecular weight excluding hydrogens is 414 g/mol. The predicted molar refractivity (Wildman–Crippen MR) is 131 cm³/mol. The maximum absolute atomic E-state index is 12.9. The highest BCUT2D eigenvalue weighted by Gasteiger charge is 2.21. The molecule has 0 bridgehead atoms. The Morgan fingerprint density at radius 3 is 2.21 bits per heavy atom. The van der Waals surface area contributed by atoms with E-state index in [1.807, 2.05) is 47.4 Å². The summed E-state index contributed by atoms with van der Waals surface area (Å²) in [7, 11) is 3.60. The summed E-state index contributed by atoms with van der Waals surface area (Å²) in [6.45, 7) is 3.10. The number of nitrogens with one attached hydrogen (secondary N) is 1. The average molecular weight is 444 g/mol. The third-order valence-corrected chi connectivity index (χ3v) is 5.94. The van der Waals surface area contributed by atoms with Crippen LogP contribution in [-0.4, -0.2) is 62.0 Å². The fraction of sp³-hybridized carbons (Fsp3) is 0.259. The lowest BCUT2D eigenvalue weighted by atomic mass is 10.0. The molecule has 1 saturated heterocycles. The molecule has 1 N–H and O–H groups in total. The van der Waals surface area contributed by atoms with Crippen molar-refractivity contribution in [2.24, 2.45) is 0 Å². The van der Waals surface area contributed by atoms with Crippen molar-refractivity contribution in [3.05, 3.63) is 83.9 Å². The van der Waals surface area contributed by atoms with Crippen LogP contribution < -0.4 is 10.1 Å². The summed E-state index contributed by atoms with van der Waals surface area (Å²) in [5.41, 5.74) is 4.21. The first-order valence-corrected chi connectivity index (χ1v) is 11.1. The molecule has 0 aromatic heterocycles. The number of hydrogen-bond acceptors (Lipinski definition) is 4. The molecule has 2 amide bonds. The number of carbonyl (C=O) groups is 2. The van der Waals surface area contributed by atoms with Crippen LogP contribution in [0.5, 0.6) is 5.75 Å². The first-order chi connectivity index (χ1) is 16.0. The normalized spacial score (nSPS) is 14.1. The summed E-state index contributed by atoms with van der Waals surface area (Å²) in [4.78, 5) is 29.7. The number of ether oxygens (including phenoxy) is 1. The zero-order valence-corrected chi connectivity index (χ0v) is 19.1. The second-order valence-corrected chi connectivity index (χ2v) is 8.30. The van der Waals surface area contributed by atoms with E-state index in [-0.39, 0.29) is 18.2 Å². The van der Waals surface area contributed by atoms with Crippen molar-refractivity contribution >= 4 is 17.5 Å². The van der Waals surface area contributed by atoms with Gasteiger partial charge in [0.15, 0.2) is 0 Å². The lowest BCUT2D eigenvalue weighted by molar-refractivity contribution is -0.115. The summed E-state index contributed by atoms with van der Waals surface area (Å²) in [6, 6.07) is 23.3. The second-order valence-electron chi connectivity index (χ2n) is 8.30. The minimum atomic E-state index is -0.162. The van der Waals surface area contributed by atoms with Crippen molar-refractivity contribution in [1.82, 2.24) is 9.80 Å². The van der Waals surface area contributed by atoms with Gasteiger partial charge in [0.1, 0.15) is 5.75 Å². The molecule has 0 aliphatic carbocycles. The summed E-state index contributed by atoms with van der Waals surface area (Å²) < 4.78 is 5.41. The van der Waals surface area contributed by atoms with E-state index in [0.717, 1.165) is 29.8 Å². The number of likely N-dealkylation sites (N-methyl/N-ethyl adjacent to an activating group) is 1. The minimum Gasteiger partial charge on any atom is -0.495 e. The van der Waals surface area contributed by atoms with Crippen molar-refractivity contribution < 1.29 is 14.3 Å². The van der Waals surface area contributed by atoms with E-state index < -0.39 is 0 Å². The lowest BCUT2D eigenvalue weighted by Gasteiger charge is -2.32. The summed E-state index contributed by atoms with van der Waals surface area (Å²) in [5.74, 6) is 0.334. The SMILES string of the molecule is COc1ccc(C(=O)N2CCN(C)CC2)cc1NC(=O)Cc1ccc(-c2ccccc2)cc1. The molecule has 0 atom stereocenters. The Kier molecular flexibility index (Phi) is 7.05. The number of rotatable bonds is 6. The Morgan fingerprint density at radius 1 is 0.879 bits per heavy atom. The van der Waals surface area contributed by atoms with Crippen LogP contribution in [0.25, 0.3) is 11.1 Å². The molecular formula is C27H29N3O3. The van der Waals surface area contributed by atoms with Gasteiger partial charge in [0, 0.05) is 31.7 Å². The Balaban J connectivity index is 1.43. The highest BCUT2D eigenvalue weighted by atomic mass is 16.5. The topological polar surface area (TPSA) is 61.9 Å². The molecule has 6 heteroatoms. The van der Waals surface area contributed by atoms with Crippen LogP contribution in [0.1, 0.15) is 15.9 Å². The number of carbonyl (C=O) groups excluding carboxylic acids is 2. The minimum absolute atomic E-state index is 0.0299. The highest BCUT2D eigenvalue weighted by Crippen LogP contribution is 2.27. The third-order valence-electron chi connectivity index (χ3n) is 5.94. The van der Waals surface area contributed by atoms with Gasteiger partial charge in [-0.2, -0.15) is 0 Å². The van der Waals surface area contributed by atoms with E-state index in [2.05, 4.69) is 29.4 Å². The van der Waals surface area contributed by atoms with Gasteiger partial charge >= 0.3 is 0 Å². The predicted octanol–water partition coefficient (Wildman–Crippen LogP) is 3.93. The monoisotopic (exact) mass is 443 g/mol. The van der Waals surface area contributed by atoms with Crippen molar-refractivity contribution in [1.29, 1.82) is 0 Å². The van der Waals surface area contributed by atoms with E-state index in [0.29, 0.717) is 30.1 Å². The Labute approximate surface area is 194 Å². The fourth-order valence-corrected chi connectivity index (χ4v) is 3.96. The maximum atomic E-state index is 12.9. The van der Waals surface area contributed by atoms with E-state index in [1.54, 1.807) is 25.3 Å². The maximum Gasteiger partial charge on any atom is 0.254 e. The molecule has 170 valence electrons. The van der Waals surface area contributed by atoms with Gasteiger partial charge in [-0.1, -0.05) is 54.6 Å². The Morgan fingerprint density at radius 2 is 1.55 bits per heavy atom. The van der Waals surface area contributed by atoms with Crippen LogP contribution in [0.4, 0.5) is 5.69 Å². The molecule has 0 saturated carbocycles. The first kappa shape index (κ1) is 22.6. The molecule has 3 aromatic rings. The lowest BCUT2D eigenvalue weighted by Crippen LogP contribution is -2.47. The summed E-state index contributed by atoms with van der Waals surface area (Å²) >= 11 is 0. The number of hydrogen-bond donors (Lipinski definition) is 1. The van der Waals surface area contributed by atoms with Crippen LogP contribution in [0, 0.1) is 0 Å². The smallest absolute Gasteiger partial charge is 0.254 e. The first-order valence-electron chi connectivity index (χ1n) is 11.1. The Bertz CT molecular complexity index is 1110. The standard InChI is InChI=1S/C27H29N3O3/c1-29-14-16-30(17-15-29)27(32)23-12-13-25(33-2)24(19-23)28-26(31)18-20-8-10-22(11-9-20)21-6-4-3-5-7-21/h3-13,19H,14-18H2,1-2H3,(H,28,31). The van der Waals surface area contributed by atoms with Gasteiger partial charge in [-0.25, -0.2) is 0 Å². The van der Waals surface area contributed by atoms with Crippen LogP contribution in [0.2, 0.25) is 0 Å². The van der Waals surface area contributed by atoms with Gasteiger partial charge in [-0.15, -0.1) is 0 Å². The molecule has 1 aliphatic rings. The van der Waals surface area contributed by atoms with Crippen molar-refractivity contribution in [3.8, 4) is 16.9 Å². The van der Waals surface area contributed by atoms with Crippen LogP contribution in [-0.2, 0) is 11.2 Å². The third kappa shape index (κ3) is 5.59. The summed E-state index contributed by atoms with van der Waals surface area (Å²) in [6.07, 6.45) is 0.231. The van der Waals surface area contributed by atoms with Gasteiger partial charge in [-0.3, -0.25) is 9.59 Å². The largest absolute Gasteiger partial charge is 0.495 e. The van der Waals surface area contributed by atoms with Gasteiger partial charge in [0.25, 0.3) is 5.91 Å². The zero-order chi connectivity index (χ0) is 23.2. The molecule has 6 nitrogen and oxygen atoms in total. The summed E-state index contributed by atoms with van der Waals surface area (Å²) in [5, 5.41) is 2.92. The van der Waals surface area contributed by atoms with Crippen LogP contribution >= 0.6 is 0 Å². The van der Waals surface area contributed by atoms with Crippen LogP contribution in [0.3, 0.4) is 0 Å². The average Bonchev–Trinajstić information content (AvgIpc) is 2.85. The van der Waals surface area contributed by atoms with Gasteiger partial charge in [0.05, 0.1) is 19.2 Å². The number of nitrogens with zero attached hydrogens (tertiary/aromatic N) is 2. The van der Waals surface area contributed by atoms with E-state index in [9.17, 15) is 9.59 Å². The number of piperazine rings is 1. The number of benzene rings is 3. The number of methoxy groups -OCH3 is 1. The molecule has 0 unspecified atom stereocenters. The molecule has 1 fully saturated rings. The Hall–Kier alpha value is -3.64. The fourth-order valence-electron chi connectivity index (χ4n) is 3.96. The van der Waals surface area contributed by atoms with Gasteiger partial charge in [-0.05, 0) is 41.9 Å². The van der Waals surface area contributed by atoms with E-state index >= 15 is 0 Å². The van der Waals surface area contributed by atoms with Crippen molar-refractivity contribution in [3.63, 3.8) is 0 Å². The molecule has 33 heavy (non-hydrogen) atoms. The molecule has 0 radical (unpaired) electrons. The molecule has 1 aliphatic heterocycles. The van der Waals surface area contributed by atoms with Gasteiger partial charge < -0.3 is 19.9 Å². The molecule has 1 heterocycles. The quantitative estimate of drug-likeness (QED) is 0.627.